The summed E-state index contributed by atoms with van der Waals surface area (Å²) >= 11 is 5.99. The highest BCUT2D eigenvalue weighted by Crippen LogP contribution is 2.26. The monoisotopic (exact) mass is 284 g/mol. The lowest BCUT2D eigenvalue weighted by molar-refractivity contribution is -0.384. The van der Waals surface area contributed by atoms with E-state index in [1.165, 1.54) is 44.2 Å². The summed E-state index contributed by atoms with van der Waals surface area (Å²) in [7, 11) is 0. The molecule has 0 unspecified atom stereocenters. The van der Waals surface area contributed by atoms with Gasteiger partial charge in [0.05, 0.1) is 15.6 Å². The summed E-state index contributed by atoms with van der Waals surface area (Å²) in [5.74, 6) is 0. The fourth-order valence-electron chi connectivity index (χ4n) is 1.89. The van der Waals surface area contributed by atoms with E-state index in [1.54, 1.807) is 6.07 Å². The molecule has 0 amide bonds. The van der Waals surface area contributed by atoms with Crippen LogP contribution < -0.4 is 5.32 Å². The second-order valence-electron chi connectivity index (χ2n) is 4.62. The van der Waals surface area contributed by atoms with E-state index < -0.39 is 4.92 Å². The molecule has 5 heteroatoms. The molecule has 1 N–H and O–H groups in total. The number of non-ortho nitro benzene ring substituents is 1. The molecule has 106 valence electrons. The van der Waals surface area contributed by atoms with Crippen LogP contribution >= 0.6 is 11.6 Å². The van der Waals surface area contributed by atoms with Gasteiger partial charge in [-0.3, -0.25) is 10.1 Å². The molecule has 0 spiro atoms. The molecule has 0 aliphatic carbocycles. The summed E-state index contributed by atoms with van der Waals surface area (Å²) in [4.78, 5) is 10.1. The van der Waals surface area contributed by atoms with E-state index in [0.29, 0.717) is 5.02 Å². The molecule has 19 heavy (non-hydrogen) atoms. The number of benzene rings is 1. The second-order valence-corrected chi connectivity index (χ2v) is 5.02. The molecule has 0 aromatic heterocycles. The molecule has 0 saturated heterocycles. The first kappa shape index (κ1) is 15.8. The topological polar surface area (TPSA) is 55.2 Å². The van der Waals surface area contributed by atoms with E-state index in [1.807, 2.05) is 0 Å². The number of unbranched alkanes of at least 4 members (excludes halogenated alkanes) is 5. The Morgan fingerprint density at radius 2 is 1.89 bits per heavy atom. The highest BCUT2D eigenvalue weighted by atomic mass is 35.5. The molecule has 0 aliphatic heterocycles. The standard InChI is InChI=1S/C14H21ClN2O2/c1-2-3-4-5-6-7-10-16-14-9-8-12(17(18)19)11-13(14)15/h8-9,11,16H,2-7,10H2,1H3. The highest BCUT2D eigenvalue weighted by molar-refractivity contribution is 6.33. The van der Waals surface area contributed by atoms with Gasteiger partial charge in [-0.15, -0.1) is 0 Å². The van der Waals surface area contributed by atoms with Gasteiger partial charge in [-0.1, -0.05) is 50.6 Å². The zero-order chi connectivity index (χ0) is 14.1. The van der Waals surface area contributed by atoms with Crippen LogP contribution in [0.5, 0.6) is 0 Å². The summed E-state index contributed by atoms with van der Waals surface area (Å²) in [6.07, 6.45) is 7.44. The number of rotatable bonds is 9. The summed E-state index contributed by atoms with van der Waals surface area (Å²) in [6.45, 7) is 3.06. The summed E-state index contributed by atoms with van der Waals surface area (Å²) in [5, 5.41) is 14.2. The Labute approximate surface area is 119 Å². The van der Waals surface area contributed by atoms with E-state index in [-0.39, 0.29) is 5.69 Å². The van der Waals surface area contributed by atoms with E-state index in [2.05, 4.69) is 12.2 Å². The first-order valence-electron chi connectivity index (χ1n) is 6.83. The van der Waals surface area contributed by atoms with Gasteiger partial charge in [0, 0.05) is 18.7 Å². The normalized spacial score (nSPS) is 10.4. The predicted octanol–water partition coefficient (Wildman–Crippen LogP) is 5.02. The van der Waals surface area contributed by atoms with Crippen molar-refractivity contribution in [3.63, 3.8) is 0 Å². The number of nitro benzene ring substituents is 1. The average molecular weight is 285 g/mol. The summed E-state index contributed by atoms with van der Waals surface area (Å²) < 4.78 is 0. The van der Waals surface area contributed by atoms with Crippen molar-refractivity contribution >= 4 is 23.0 Å². The molecule has 0 radical (unpaired) electrons. The first-order chi connectivity index (χ1) is 9.15. The van der Waals surface area contributed by atoms with E-state index in [4.69, 9.17) is 11.6 Å². The molecule has 0 aliphatic rings. The van der Waals surface area contributed by atoms with E-state index in [0.717, 1.165) is 18.7 Å². The molecule has 1 aromatic carbocycles. The number of anilines is 1. The molecule has 4 nitrogen and oxygen atoms in total. The first-order valence-corrected chi connectivity index (χ1v) is 7.20. The zero-order valence-electron chi connectivity index (χ0n) is 11.3. The minimum atomic E-state index is -0.441. The van der Waals surface area contributed by atoms with Gasteiger partial charge in [0.2, 0.25) is 0 Å². The molecule has 0 saturated carbocycles. The van der Waals surface area contributed by atoms with Gasteiger partial charge >= 0.3 is 0 Å². The van der Waals surface area contributed by atoms with Crippen LogP contribution in [-0.4, -0.2) is 11.5 Å². The van der Waals surface area contributed by atoms with Crippen LogP contribution in [0.25, 0.3) is 0 Å². The maximum atomic E-state index is 10.6. The molecule has 0 heterocycles. The predicted molar refractivity (Wildman–Crippen MR) is 80.0 cm³/mol. The van der Waals surface area contributed by atoms with Gasteiger partial charge in [-0.25, -0.2) is 0 Å². The second kappa shape index (κ2) is 8.75. The molecule has 1 aromatic rings. The Morgan fingerprint density at radius 3 is 2.53 bits per heavy atom. The number of nitrogens with zero attached hydrogens (tertiary/aromatic N) is 1. The van der Waals surface area contributed by atoms with Crippen molar-refractivity contribution in [1.29, 1.82) is 0 Å². The van der Waals surface area contributed by atoms with Crippen molar-refractivity contribution < 1.29 is 4.92 Å². The Bertz CT molecular complexity index is 410. The maximum Gasteiger partial charge on any atom is 0.271 e. The van der Waals surface area contributed by atoms with Gasteiger partial charge in [-0.2, -0.15) is 0 Å². The van der Waals surface area contributed by atoms with Crippen molar-refractivity contribution in [3.05, 3.63) is 33.3 Å². The van der Waals surface area contributed by atoms with Crippen molar-refractivity contribution in [2.24, 2.45) is 0 Å². The van der Waals surface area contributed by atoms with Gasteiger partial charge in [0.25, 0.3) is 5.69 Å². The van der Waals surface area contributed by atoms with Gasteiger partial charge in [-0.05, 0) is 12.5 Å². The lowest BCUT2D eigenvalue weighted by atomic mass is 10.1. The van der Waals surface area contributed by atoms with Crippen molar-refractivity contribution in [2.75, 3.05) is 11.9 Å². The van der Waals surface area contributed by atoms with Crippen LogP contribution in [0.3, 0.4) is 0 Å². The SMILES string of the molecule is CCCCCCCCNc1ccc([N+](=O)[O-])cc1Cl. The number of hydrogen-bond acceptors (Lipinski definition) is 3. The Kier molecular flexibility index (Phi) is 7.26. The minimum absolute atomic E-state index is 0.0233. The largest absolute Gasteiger partial charge is 0.384 e. The molecule has 0 atom stereocenters. The van der Waals surface area contributed by atoms with Gasteiger partial charge in [0.1, 0.15) is 0 Å². The number of halogens is 1. The third kappa shape index (κ3) is 5.92. The van der Waals surface area contributed by atoms with Crippen LogP contribution in [0, 0.1) is 10.1 Å². The Balaban J connectivity index is 2.28. The van der Waals surface area contributed by atoms with Gasteiger partial charge < -0.3 is 5.32 Å². The molecule has 0 fully saturated rings. The third-order valence-corrected chi connectivity index (χ3v) is 3.32. The van der Waals surface area contributed by atoms with E-state index >= 15 is 0 Å². The maximum absolute atomic E-state index is 10.6. The Morgan fingerprint density at radius 1 is 1.21 bits per heavy atom. The lowest BCUT2D eigenvalue weighted by Gasteiger charge is -2.08. The van der Waals surface area contributed by atoms with Gasteiger partial charge in [0.15, 0.2) is 0 Å². The van der Waals surface area contributed by atoms with E-state index in [9.17, 15) is 10.1 Å². The fourth-order valence-corrected chi connectivity index (χ4v) is 2.13. The number of nitrogens with one attached hydrogen (secondary N) is 1. The third-order valence-electron chi connectivity index (χ3n) is 3.01. The number of hydrogen-bond donors (Lipinski definition) is 1. The van der Waals surface area contributed by atoms with Crippen LogP contribution in [-0.2, 0) is 0 Å². The zero-order valence-corrected chi connectivity index (χ0v) is 12.1. The minimum Gasteiger partial charge on any atom is -0.384 e. The molecule has 0 bridgehead atoms. The average Bonchev–Trinajstić information content (AvgIpc) is 2.39. The van der Waals surface area contributed by atoms with Crippen molar-refractivity contribution in [3.8, 4) is 0 Å². The van der Waals surface area contributed by atoms with Crippen LogP contribution in [0.2, 0.25) is 5.02 Å². The molecular formula is C14H21ClN2O2. The fraction of sp³-hybridized carbons (Fsp3) is 0.571. The van der Waals surface area contributed by atoms with Crippen LogP contribution in [0.4, 0.5) is 11.4 Å². The molecule has 1 rings (SSSR count). The highest BCUT2D eigenvalue weighted by Gasteiger charge is 2.08. The summed E-state index contributed by atoms with van der Waals surface area (Å²) in [6, 6.07) is 4.51. The van der Waals surface area contributed by atoms with Crippen molar-refractivity contribution in [1.82, 2.24) is 0 Å². The number of nitro groups is 1. The quantitative estimate of drug-likeness (QED) is 0.393. The molecular weight excluding hydrogens is 264 g/mol. The Hall–Kier alpha value is -1.29. The van der Waals surface area contributed by atoms with Crippen LogP contribution in [0.1, 0.15) is 45.4 Å². The van der Waals surface area contributed by atoms with Crippen molar-refractivity contribution in [2.45, 2.75) is 45.4 Å². The summed E-state index contributed by atoms with van der Waals surface area (Å²) in [5.41, 5.74) is 0.788. The van der Waals surface area contributed by atoms with Crippen LogP contribution in [0.15, 0.2) is 18.2 Å². The lowest BCUT2D eigenvalue weighted by Crippen LogP contribution is -2.02. The smallest absolute Gasteiger partial charge is 0.271 e.